The van der Waals surface area contributed by atoms with Crippen LogP contribution in [0.4, 0.5) is 0 Å². The number of fused-ring (bicyclic) bond motifs is 1. The highest BCUT2D eigenvalue weighted by molar-refractivity contribution is 7.89. The van der Waals surface area contributed by atoms with Crippen LogP contribution in [-0.2, 0) is 21.3 Å². The number of hydrogen-bond acceptors (Lipinski definition) is 5. The highest BCUT2D eigenvalue weighted by atomic mass is 32.2. The maximum absolute atomic E-state index is 13.1. The van der Waals surface area contributed by atoms with Crippen molar-refractivity contribution in [3.63, 3.8) is 0 Å². The third kappa shape index (κ3) is 5.02. The van der Waals surface area contributed by atoms with Crippen molar-refractivity contribution in [2.24, 2.45) is 4.99 Å². The zero-order valence-electron chi connectivity index (χ0n) is 19.9. The molecule has 1 atom stereocenters. The van der Waals surface area contributed by atoms with Gasteiger partial charge in [-0.3, -0.25) is 4.79 Å². The average Bonchev–Trinajstić information content (AvgIpc) is 3.17. The third-order valence-electron chi connectivity index (χ3n) is 6.21. The minimum atomic E-state index is -3.58. The first kappa shape index (κ1) is 24.8. The molecule has 0 spiro atoms. The number of carbonyl (C=O) groups is 1. The van der Waals surface area contributed by atoms with E-state index in [4.69, 9.17) is 4.74 Å². The van der Waals surface area contributed by atoms with Crippen LogP contribution >= 0.6 is 11.3 Å². The van der Waals surface area contributed by atoms with Crippen molar-refractivity contribution in [3.05, 3.63) is 58.4 Å². The Bertz CT molecular complexity index is 1340. The second-order valence-electron chi connectivity index (χ2n) is 8.56. The second-order valence-corrected chi connectivity index (χ2v) is 11.5. The van der Waals surface area contributed by atoms with Gasteiger partial charge < -0.3 is 9.30 Å². The molecule has 1 fully saturated rings. The normalized spacial score (nSPS) is 18.0. The van der Waals surface area contributed by atoms with Gasteiger partial charge in [-0.2, -0.15) is 9.30 Å². The molecule has 0 radical (unpaired) electrons. The number of piperidine rings is 1. The van der Waals surface area contributed by atoms with E-state index in [2.05, 4.69) is 4.99 Å². The summed E-state index contributed by atoms with van der Waals surface area (Å²) in [6.07, 6.45) is 2.79. The SMILES string of the molecule is CCOCCn1c(=NC(=O)c2ccc(S(=O)(=O)N3CCCCC3C)cc2)sc2cccc(C)c21. The molecule has 34 heavy (non-hydrogen) atoms. The molecule has 1 amide bonds. The summed E-state index contributed by atoms with van der Waals surface area (Å²) in [7, 11) is -3.58. The summed E-state index contributed by atoms with van der Waals surface area (Å²) < 4.78 is 36.3. The van der Waals surface area contributed by atoms with E-state index < -0.39 is 15.9 Å². The zero-order chi connectivity index (χ0) is 24.3. The highest BCUT2D eigenvalue weighted by Gasteiger charge is 2.30. The number of thiazole rings is 1. The molecule has 0 N–H and O–H groups in total. The molecule has 9 heteroatoms. The van der Waals surface area contributed by atoms with E-state index >= 15 is 0 Å². The van der Waals surface area contributed by atoms with E-state index in [9.17, 15) is 13.2 Å². The molecule has 0 bridgehead atoms. The number of aryl methyl sites for hydroxylation is 1. The largest absolute Gasteiger partial charge is 0.380 e. The predicted octanol–water partition coefficient (Wildman–Crippen LogP) is 4.35. The van der Waals surface area contributed by atoms with Crippen molar-refractivity contribution in [2.45, 2.75) is 57.5 Å². The topological polar surface area (TPSA) is 81.0 Å². The number of carbonyl (C=O) groups excluding carboxylic acids is 1. The Labute approximate surface area is 204 Å². The van der Waals surface area contributed by atoms with Crippen LogP contribution in [0.1, 0.15) is 49.0 Å². The van der Waals surface area contributed by atoms with Crippen LogP contribution in [-0.4, -0.2) is 49.0 Å². The van der Waals surface area contributed by atoms with Crippen LogP contribution in [0.2, 0.25) is 0 Å². The maximum atomic E-state index is 13.1. The number of ether oxygens (including phenoxy) is 1. The Balaban J connectivity index is 1.64. The lowest BCUT2D eigenvalue weighted by Gasteiger charge is -2.32. The molecule has 3 aromatic rings. The van der Waals surface area contributed by atoms with E-state index in [-0.39, 0.29) is 10.9 Å². The number of sulfonamides is 1. The van der Waals surface area contributed by atoms with Crippen LogP contribution in [0.3, 0.4) is 0 Å². The Morgan fingerprint density at radius 1 is 1.18 bits per heavy atom. The van der Waals surface area contributed by atoms with E-state index in [0.717, 1.165) is 35.0 Å². The summed E-state index contributed by atoms with van der Waals surface area (Å²) in [6, 6.07) is 12.2. The van der Waals surface area contributed by atoms with Gasteiger partial charge in [0.25, 0.3) is 5.91 Å². The molecule has 4 rings (SSSR count). The van der Waals surface area contributed by atoms with E-state index in [1.165, 1.54) is 23.5 Å². The fourth-order valence-corrected chi connectivity index (χ4v) is 7.22. The van der Waals surface area contributed by atoms with Crippen molar-refractivity contribution >= 4 is 37.5 Å². The van der Waals surface area contributed by atoms with Gasteiger partial charge in [0.2, 0.25) is 10.0 Å². The number of amides is 1. The van der Waals surface area contributed by atoms with Crippen LogP contribution < -0.4 is 4.80 Å². The van der Waals surface area contributed by atoms with Gasteiger partial charge in [-0.1, -0.05) is 29.9 Å². The maximum Gasteiger partial charge on any atom is 0.279 e. The van der Waals surface area contributed by atoms with E-state index in [1.807, 2.05) is 43.5 Å². The van der Waals surface area contributed by atoms with Crippen molar-refractivity contribution < 1.29 is 17.9 Å². The first-order chi connectivity index (χ1) is 16.3. The summed E-state index contributed by atoms with van der Waals surface area (Å²) in [5.41, 5.74) is 2.52. The molecule has 1 aliphatic rings. The Morgan fingerprint density at radius 3 is 2.65 bits per heavy atom. The zero-order valence-corrected chi connectivity index (χ0v) is 21.5. The molecule has 7 nitrogen and oxygen atoms in total. The molecule has 2 heterocycles. The summed E-state index contributed by atoms with van der Waals surface area (Å²) in [5, 5.41) is 0. The van der Waals surface area contributed by atoms with Gasteiger partial charge in [0.1, 0.15) is 0 Å². The van der Waals surface area contributed by atoms with Gasteiger partial charge in [-0.25, -0.2) is 8.42 Å². The van der Waals surface area contributed by atoms with Crippen molar-refractivity contribution in [3.8, 4) is 0 Å². The Kier molecular flexibility index (Phi) is 7.67. The molecule has 1 unspecified atom stereocenters. The van der Waals surface area contributed by atoms with E-state index in [0.29, 0.717) is 36.7 Å². The van der Waals surface area contributed by atoms with Gasteiger partial charge in [0.15, 0.2) is 4.80 Å². The highest BCUT2D eigenvalue weighted by Crippen LogP contribution is 2.25. The number of nitrogens with zero attached hydrogens (tertiary/aromatic N) is 3. The molecule has 1 saturated heterocycles. The lowest BCUT2D eigenvalue weighted by atomic mass is 10.1. The van der Waals surface area contributed by atoms with Gasteiger partial charge >= 0.3 is 0 Å². The third-order valence-corrected chi connectivity index (χ3v) is 9.28. The molecule has 0 saturated carbocycles. The van der Waals surface area contributed by atoms with Crippen LogP contribution in [0, 0.1) is 6.92 Å². The molecular weight excluding hydrogens is 470 g/mol. The average molecular weight is 502 g/mol. The van der Waals surface area contributed by atoms with Gasteiger partial charge in [0, 0.05) is 31.3 Å². The van der Waals surface area contributed by atoms with Crippen LogP contribution in [0.15, 0.2) is 52.4 Å². The summed E-state index contributed by atoms with van der Waals surface area (Å²) in [4.78, 5) is 18.2. The number of hydrogen-bond donors (Lipinski definition) is 0. The summed E-state index contributed by atoms with van der Waals surface area (Å²) >= 11 is 1.46. The Hall–Kier alpha value is -2.33. The summed E-state index contributed by atoms with van der Waals surface area (Å²) in [6.45, 7) is 8.22. The van der Waals surface area contributed by atoms with Gasteiger partial charge in [-0.05, 0) is 69.5 Å². The van der Waals surface area contributed by atoms with Gasteiger partial charge in [-0.15, -0.1) is 0 Å². The van der Waals surface area contributed by atoms with Crippen molar-refractivity contribution in [1.29, 1.82) is 0 Å². The fourth-order valence-electron chi connectivity index (χ4n) is 4.39. The van der Waals surface area contributed by atoms with Crippen LogP contribution in [0.25, 0.3) is 10.2 Å². The van der Waals surface area contributed by atoms with Crippen LogP contribution in [0.5, 0.6) is 0 Å². The molecule has 1 aliphatic heterocycles. The lowest BCUT2D eigenvalue weighted by molar-refractivity contribution is 0.0996. The Morgan fingerprint density at radius 2 is 1.94 bits per heavy atom. The lowest BCUT2D eigenvalue weighted by Crippen LogP contribution is -2.41. The monoisotopic (exact) mass is 501 g/mol. The smallest absolute Gasteiger partial charge is 0.279 e. The predicted molar refractivity (Wildman–Crippen MR) is 135 cm³/mol. The quantitative estimate of drug-likeness (QED) is 0.451. The molecule has 0 aliphatic carbocycles. The number of aromatic nitrogens is 1. The first-order valence-electron chi connectivity index (χ1n) is 11.7. The minimum absolute atomic E-state index is 0.0152. The number of benzene rings is 2. The minimum Gasteiger partial charge on any atom is -0.380 e. The van der Waals surface area contributed by atoms with E-state index in [1.54, 1.807) is 16.4 Å². The molecule has 182 valence electrons. The molecule has 1 aromatic heterocycles. The first-order valence-corrected chi connectivity index (χ1v) is 14.0. The number of para-hydroxylation sites is 1. The summed E-state index contributed by atoms with van der Waals surface area (Å²) in [5.74, 6) is -0.398. The number of rotatable bonds is 7. The molecule has 2 aromatic carbocycles. The standard InChI is InChI=1S/C25H31N3O4S2/c1-4-32-17-16-27-23-18(2)8-7-10-22(23)33-25(27)26-24(29)20-11-13-21(14-12-20)34(30,31)28-15-6-5-9-19(28)3/h7-8,10-14,19H,4-6,9,15-17H2,1-3H3. The fraction of sp³-hybridized carbons (Fsp3) is 0.440. The van der Waals surface area contributed by atoms with Crippen molar-refractivity contribution in [1.82, 2.24) is 8.87 Å². The molecular formula is C25H31N3O4S2. The van der Waals surface area contributed by atoms with Gasteiger partial charge in [0.05, 0.1) is 21.7 Å². The van der Waals surface area contributed by atoms with Crippen molar-refractivity contribution in [2.75, 3.05) is 19.8 Å². The second kappa shape index (κ2) is 10.5.